The number of hydrogen-bond acceptors (Lipinski definition) is 3. The summed E-state index contributed by atoms with van der Waals surface area (Å²) < 4.78 is 0. The number of carboxylic acids is 1. The van der Waals surface area contributed by atoms with E-state index >= 15 is 0 Å². The Hall–Kier alpha value is -1.88. The van der Waals surface area contributed by atoms with Crippen molar-refractivity contribution in [1.29, 1.82) is 0 Å². The van der Waals surface area contributed by atoms with E-state index in [4.69, 9.17) is 0 Å². The number of nitrogens with one attached hydrogen (secondary N) is 1. The van der Waals surface area contributed by atoms with E-state index in [2.05, 4.69) is 5.32 Å². The molecular weight excluding hydrogens is 232 g/mol. The maximum atomic E-state index is 12.0. The summed E-state index contributed by atoms with van der Waals surface area (Å²) in [5, 5.41) is 11.8. The molecule has 98 valence electrons. The second kappa shape index (κ2) is 5.64. The summed E-state index contributed by atoms with van der Waals surface area (Å²) in [5.41, 5.74) is -0.861. The lowest BCUT2D eigenvalue weighted by Gasteiger charge is -2.29. The molecule has 0 aliphatic heterocycles. The maximum Gasteiger partial charge on any atom is 0.330 e. The number of likely N-dealkylation sites (N-methyl/N-ethyl adjacent to an activating group) is 1. The first kappa shape index (κ1) is 14.2. The van der Waals surface area contributed by atoms with Crippen LogP contribution in [0, 0.1) is 0 Å². The van der Waals surface area contributed by atoms with Crippen LogP contribution in [0.4, 0.5) is 0 Å². The average molecular weight is 250 g/mol. The zero-order valence-electron chi connectivity index (χ0n) is 10.8. The van der Waals surface area contributed by atoms with E-state index in [1.807, 2.05) is 0 Å². The van der Waals surface area contributed by atoms with Crippen LogP contribution in [0.2, 0.25) is 0 Å². The van der Waals surface area contributed by atoms with Crippen LogP contribution in [0.15, 0.2) is 30.3 Å². The highest BCUT2D eigenvalue weighted by Gasteiger charge is 2.35. The summed E-state index contributed by atoms with van der Waals surface area (Å²) in [7, 11) is 3.52. The summed E-state index contributed by atoms with van der Waals surface area (Å²) in [6.07, 6.45) is 0. The fraction of sp³-hybridized carbons (Fsp3) is 0.385. The smallest absolute Gasteiger partial charge is 0.330 e. The number of hydrogen-bond donors (Lipinski definition) is 2. The van der Waals surface area contributed by atoms with Crippen molar-refractivity contribution in [2.24, 2.45) is 0 Å². The van der Waals surface area contributed by atoms with Crippen LogP contribution in [-0.4, -0.2) is 48.1 Å². The lowest BCUT2D eigenvalue weighted by atomic mass is 10.0. The minimum absolute atomic E-state index is 0.223. The number of aliphatic carboxylic acids is 1. The molecule has 1 atom stereocenters. The first-order valence-electron chi connectivity index (χ1n) is 5.61. The van der Waals surface area contributed by atoms with Crippen molar-refractivity contribution in [3.63, 3.8) is 0 Å². The molecule has 0 radical (unpaired) electrons. The number of carbonyl (C=O) groups excluding carboxylic acids is 1. The second-order valence-corrected chi connectivity index (χ2v) is 4.70. The summed E-state index contributed by atoms with van der Waals surface area (Å²) >= 11 is 0. The first-order valence-corrected chi connectivity index (χ1v) is 5.61. The molecule has 1 aromatic carbocycles. The molecule has 0 saturated heterocycles. The van der Waals surface area contributed by atoms with Crippen molar-refractivity contribution in [2.45, 2.75) is 12.5 Å². The minimum atomic E-state index is -1.31. The lowest BCUT2D eigenvalue weighted by Crippen LogP contribution is -2.57. The Labute approximate surface area is 106 Å². The first-order chi connectivity index (χ1) is 8.35. The largest absolute Gasteiger partial charge is 0.479 e. The molecule has 1 rings (SSSR count). The van der Waals surface area contributed by atoms with Gasteiger partial charge in [-0.3, -0.25) is 4.79 Å². The predicted molar refractivity (Wildman–Crippen MR) is 68.5 cm³/mol. The molecule has 0 aliphatic rings. The van der Waals surface area contributed by atoms with Gasteiger partial charge in [0.05, 0.1) is 0 Å². The lowest BCUT2D eigenvalue weighted by molar-refractivity contribution is -0.144. The third kappa shape index (κ3) is 3.56. The van der Waals surface area contributed by atoms with Crippen LogP contribution in [0.5, 0.6) is 0 Å². The molecule has 0 aliphatic carbocycles. The van der Waals surface area contributed by atoms with Gasteiger partial charge in [-0.2, -0.15) is 0 Å². The molecule has 0 heterocycles. The third-order valence-corrected chi connectivity index (χ3v) is 2.53. The molecule has 18 heavy (non-hydrogen) atoms. The highest BCUT2D eigenvalue weighted by Crippen LogP contribution is 2.08. The molecule has 2 N–H and O–H groups in total. The van der Waals surface area contributed by atoms with Gasteiger partial charge in [-0.05, 0) is 33.2 Å². The molecule has 0 spiro atoms. The Balaban J connectivity index is 2.85. The van der Waals surface area contributed by atoms with Gasteiger partial charge in [0.15, 0.2) is 0 Å². The molecule has 1 amide bonds. The van der Waals surface area contributed by atoms with Crippen molar-refractivity contribution in [3.05, 3.63) is 35.9 Å². The summed E-state index contributed by atoms with van der Waals surface area (Å²) in [6, 6.07) is 8.56. The molecular formula is C13H18N2O3. The fourth-order valence-electron chi connectivity index (χ4n) is 1.71. The number of amides is 1. The molecule has 1 unspecified atom stereocenters. The van der Waals surface area contributed by atoms with Crippen molar-refractivity contribution < 1.29 is 14.7 Å². The van der Waals surface area contributed by atoms with Gasteiger partial charge in [-0.1, -0.05) is 18.2 Å². The number of carbonyl (C=O) groups is 2. The highest BCUT2D eigenvalue weighted by molar-refractivity contribution is 5.97. The Kier molecular flexibility index (Phi) is 4.44. The maximum absolute atomic E-state index is 12.0. The van der Waals surface area contributed by atoms with Gasteiger partial charge in [-0.25, -0.2) is 4.79 Å². The van der Waals surface area contributed by atoms with E-state index in [1.165, 1.54) is 6.92 Å². The van der Waals surface area contributed by atoms with Crippen LogP contribution in [0.3, 0.4) is 0 Å². The molecule has 0 bridgehead atoms. The van der Waals surface area contributed by atoms with E-state index in [0.29, 0.717) is 5.56 Å². The van der Waals surface area contributed by atoms with E-state index in [-0.39, 0.29) is 12.5 Å². The van der Waals surface area contributed by atoms with Gasteiger partial charge in [0, 0.05) is 12.1 Å². The van der Waals surface area contributed by atoms with Crippen molar-refractivity contribution >= 4 is 11.9 Å². The zero-order valence-corrected chi connectivity index (χ0v) is 10.8. The number of nitrogens with zero attached hydrogens (tertiary/aromatic N) is 1. The van der Waals surface area contributed by atoms with Gasteiger partial charge in [0.2, 0.25) is 0 Å². The van der Waals surface area contributed by atoms with Crippen molar-refractivity contribution in [2.75, 3.05) is 20.6 Å². The van der Waals surface area contributed by atoms with Crippen LogP contribution in [0.1, 0.15) is 17.3 Å². The van der Waals surface area contributed by atoms with Crippen LogP contribution < -0.4 is 5.32 Å². The van der Waals surface area contributed by atoms with Gasteiger partial charge in [0.1, 0.15) is 5.54 Å². The minimum Gasteiger partial charge on any atom is -0.479 e. The zero-order chi connectivity index (χ0) is 13.8. The van der Waals surface area contributed by atoms with Gasteiger partial charge >= 0.3 is 5.97 Å². The molecule has 5 nitrogen and oxygen atoms in total. The van der Waals surface area contributed by atoms with Crippen molar-refractivity contribution in [3.8, 4) is 0 Å². The summed E-state index contributed by atoms with van der Waals surface area (Å²) in [4.78, 5) is 25.0. The predicted octanol–water partition coefficient (Wildman–Crippen LogP) is 0.821. The van der Waals surface area contributed by atoms with E-state index in [9.17, 15) is 14.7 Å². The van der Waals surface area contributed by atoms with Crippen LogP contribution in [-0.2, 0) is 4.79 Å². The standard InChI is InChI=1S/C13H18N2O3/c1-13(12(17)18,9-15(2)3)14-11(16)10-7-5-4-6-8-10/h4-8H,9H2,1-3H3,(H,14,16)(H,17,18). The normalized spacial score (nSPS) is 14.0. The summed E-state index contributed by atoms with van der Waals surface area (Å²) in [6.45, 7) is 1.72. The third-order valence-electron chi connectivity index (χ3n) is 2.53. The number of rotatable bonds is 5. The number of benzene rings is 1. The average Bonchev–Trinajstić information content (AvgIpc) is 2.28. The Morgan fingerprint density at radius 3 is 2.28 bits per heavy atom. The number of carboxylic acid groups (broad SMARTS) is 1. The highest BCUT2D eigenvalue weighted by atomic mass is 16.4. The van der Waals surface area contributed by atoms with Gasteiger partial charge < -0.3 is 15.3 Å². The van der Waals surface area contributed by atoms with Crippen LogP contribution in [0.25, 0.3) is 0 Å². The van der Waals surface area contributed by atoms with E-state index in [0.717, 1.165) is 0 Å². The Bertz CT molecular complexity index is 431. The van der Waals surface area contributed by atoms with E-state index < -0.39 is 11.5 Å². The SMILES string of the molecule is CN(C)CC(C)(NC(=O)c1ccccc1)C(=O)O. The van der Waals surface area contributed by atoms with Gasteiger partial charge in [0.25, 0.3) is 5.91 Å². The Morgan fingerprint density at radius 2 is 1.83 bits per heavy atom. The summed E-state index contributed by atoms with van der Waals surface area (Å²) in [5.74, 6) is -1.44. The van der Waals surface area contributed by atoms with Gasteiger partial charge in [-0.15, -0.1) is 0 Å². The quantitative estimate of drug-likeness (QED) is 0.811. The van der Waals surface area contributed by atoms with Crippen LogP contribution >= 0.6 is 0 Å². The van der Waals surface area contributed by atoms with E-state index in [1.54, 1.807) is 49.3 Å². The van der Waals surface area contributed by atoms with Crippen molar-refractivity contribution in [1.82, 2.24) is 10.2 Å². The second-order valence-electron chi connectivity index (χ2n) is 4.70. The topological polar surface area (TPSA) is 69.6 Å². The molecule has 0 saturated carbocycles. The molecule has 0 fully saturated rings. The molecule has 0 aromatic heterocycles. The molecule has 1 aromatic rings. The Morgan fingerprint density at radius 1 is 1.28 bits per heavy atom. The monoisotopic (exact) mass is 250 g/mol. The molecule has 5 heteroatoms. The fourth-order valence-corrected chi connectivity index (χ4v) is 1.71.